The molecule has 1 aromatic heterocycles. The summed E-state index contributed by atoms with van der Waals surface area (Å²) in [5, 5.41) is 8.60. The van der Waals surface area contributed by atoms with E-state index in [9.17, 15) is 9.59 Å². The number of hydrogen-bond acceptors (Lipinski definition) is 3. The highest BCUT2D eigenvalue weighted by atomic mass is 32.1. The minimum absolute atomic E-state index is 0.0480. The van der Waals surface area contributed by atoms with E-state index in [1.54, 1.807) is 12.1 Å². The van der Waals surface area contributed by atoms with Gasteiger partial charge in [-0.1, -0.05) is 0 Å². The molecule has 1 fully saturated rings. The lowest BCUT2D eigenvalue weighted by molar-refractivity contribution is -0.131. The molecule has 0 unspecified atom stereocenters. The van der Waals surface area contributed by atoms with Crippen molar-refractivity contribution in [3.8, 4) is 0 Å². The van der Waals surface area contributed by atoms with Crippen LogP contribution in [0, 0.1) is 5.92 Å². The second kappa shape index (κ2) is 6.22. The molecule has 1 amide bonds. The minimum Gasteiger partial charge on any atom is -0.478 e. The molecule has 0 bridgehead atoms. The Kier molecular flexibility index (Phi) is 4.60. The number of thiophene rings is 1. The third-order valence-corrected chi connectivity index (χ3v) is 4.30. The van der Waals surface area contributed by atoms with Gasteiger partial charge in [0.2, 0.25) is 0 Å². The first-order chi connectivity index (χ1) is 9.47. The summed E-state index contributed by atoms with van der Waals surface area (Å²) in [6.45, 7) is 4.88. The molecule has 0 atom stereocenters. The van der Waals surface area contributed by atoms with Gasteiger partial charge in [-0.05, 0) is 50.8 Å². The molecule has 1 heterocycles. The molecule has 20 heavy (non-hydrogen) atoms. The summed E-state index contributed by atoms with van der Waals surface area (Å²) < 4.78 is 0. The molecule has 108 valence electrons. The molecular formula is C15H19NO3S. The second-order valence-corrected chi connectivity index (χ2v) is 6.48. The fourth-order valence-electron chi connectivity index (χ4n) is 1.96. The average Bonchev–Trinajstić information content (AvgIpc) is 3.08. The van der Waals surface area contributed by atoms with Gasteiger partial charge in [0, 0.05) is 23.5 Å². The van der Waals surface area contributed by atoms with Crippen LogP contribution in [-0.2, 0) is 4.79 Å². The Balaban J connectivity index is 2.08. The fraction of sp³-hybridized carbons (Fsp3) is 0.467. The van der Waals surface area contributed by atoms with Crippen LogP contribution in [0.5, 0.6) is 0 Å². The van der Waals surface area contributed by atoms with Crippen molar-refractivity contribution in [3.05, 3.63) is 28.0 Å². The van der Waals surface area contributed by atoms with Crippen LogP contribution in [0.1, 0.15) is 41.2 Å². The second-order valence-electron chi connectivity index (χ2n) is 5.37. The maximum absolute atomic E-state index is 12.5. The monoisotopic (exact) mass is 293 g/mol. The van der Waals surface area contributed by atoms with Crippen molar-refractivity contribution >= 4 is 29.3 Å². The molecule has 0 aliphatic heterocycles. The van der Waals surface area contributed by atoms with Gasteiger partial charge in [-0.2, -0.15) is 0 Å². The van der Waals surface area contributed by atoms with Crippen LogP contribution >= 0.6 is 11.3 Å². The van der Waals surface area contributed by atoms with Gasteiger partial charge in [0.05, 0.1) is 4.88 Å². The Morgan fingerprint density at radius 1 is 1.45 bits per heavy atom. The summed E-state index contributed by atoms with van der Waals surface area (Å²) in [4.78, 5) is 26.3. The Bertz CT molecular complexity index is 529. The van der Waals surface area contributed by atoms with Crippen LogP contribution in [0.2, 0.25) is 0 Å². The van der Waals surface area contributed by atoms with Gasteiger partial charge in [-0.3, -0.25) is 4.79 Å². The molecule has 2 rings (SSSR count). The Morgan fingerprint density at radius 3 is 2.70 bits per heavy atom. The summed E-state index contributed by atoms with van der Waals surface area (Å²) in [5.41, 5.74) is 0. The van der Waals surface area contributed by atoms with Crippen LogP contribution < -0.4 is 0 Å². The van der Waals surface area contributed by atoms with Gasteiger partial charge >= 0.3 is 5.97 Å². The molecule has 0 spiro atoms. The molecule has 0 saturated heterocycles. The quantitative estimate of drug-likeness (QED) is 0.820. The third kappa shape index (κ3) is 3.93. The number of carboxylic acids is 1. The summed E-state index contributed by atoms with van der Waals surface area (Å²) >= 11 is 1.33. The van der Waals surface area contributed by atoms with Crippen molar-refractivity contribution in [1.82, 2.24) is 4.90 Å². The van der Waals surface area contributed by atoms with Crippen LogP contribution in [0.4, 0.5) is 0 Å². The lowest BCUT2D eigenvalue weighted by Crippen LogP contribution is -2.38. The van der Waals surface area contributed by atoms with E-state index in [0.29, 0.717) is 10.8 Å². The largest absolute Gasteiger partial charge is 0.478 e. The van der Waals surface area contributed by atoms with Crippen molar-refractivity contribution in [2.75, 3.05) is 6.54 Å². The topological polar surface area (TPSA) is 57.6 Å². The van der Waals surface area contributed by atoms with Crippen LogP contribution in [0.15, 0.2) is 18.2 Å². The smallest absolute Gasteiger partial charge is 0.328 e. The van der Waals surface area contributed by atoms with Crippen molar-refractivity contribution in [1.29, 1.82) is 0 Å². The highest BCUT2D eigenvalue weighted by molar-refractivity contribution is 7.14. The van der Waals surface area contributed by atoms with Crippen molar-refractivity contribution in [2.45, 2.75) is 32.7 Å². The number of nitrogens with zero attached hydrogens (tertiary/aromatic N) is 1. The molecule has 1 aliphatic carbocycles. The average molecular weight is 293 g/mol. The number of amides is 1. The van der Waals surface area contributed by atoms with Gasteiger partial charge in [0.1, 0.15) is 0 Å². The number of hydrogen-bond donors (Lipinski definition) is 1. The summed E-state index contributed by atoms with van der Waals surface area (Å²) in [6, 6.07) is 3.74. The molecule has 1 aliphatic rings. The van der Waals surface area contributed by atoms with E-state index in [4.69, 9.17) is 5.11 Å². The normalized spacial score (nSPS) is 14.9. The predicted octanol–water partition coefficient (Wildman–Crippen LogP) is 3.11. The number of carbonyl (C=O) groups excluding carboxylic acids is 1. The van der Waals surface area contributed by atoms with Crippen LogP contribution in [0.3, 0.4) is 0 Å². The number of carbonyl (C=O) groups is 2. The zero-order valence-corrected chi connectivity index (χ0v) is 12.5. The maximum Gasteiger partial charge on any atom is 0.328 e. The van der Waals surface area contributed by atoms with E-state index >= 15 is 0 Å². The SMILES string of the molecule is CC(C)N(CC1CC1)C(=O)c1ccc(C=CC(=O)O)s1. The first-order valence-electron chi connectivity index (χ1n) is 6.79. The van der Waals surface area contributed by atoms with Gasteiger partial charge in [0.25, 0.3) is 5.91 Å². The first kappa shape index (κ1) is 14.8. The zero-order valence-electron chi connectivity index (χ0n) is 11.7. The Morgan fingerprint density at radius 2 is 2.15 bits per heavy atom. The van der Waals surface area contributed by atoms with Gasteiger partial charge < -0.3 is 10.0 Å². The molecular weight excluding hydrogens is 274 g/mol. The lowest BCUT2D eigenvalue weighted by Gasteiger charge is -2.26. The summed E-state index contributed by atoms with van der Waals surface area (Å²) in [6.07, 6.45) is 5.04. The van der Waals surface area contributed by atoms with Gasteiger partial charge in [-0.25, -0.2) is 4.79 Å². The van der Waals surface area contributed by atoms with E-state index in [0.717, 1.165) is 17.5 Å². The molecule has 1 saturated carbocycles. The highest BCUT2D eigenvalue weighted by Gasteiger charge is 2.29. The Hall–Kier alpha value is -1.62. The molecule has 0 radical (unpaired) electrons. The van der Waals surface area contributed by atoms with Crippen molar-refractivity contribution in [3.63, 3.8) is 0 Å². The predicted molar refractivity (Wildman–Crippen MR) is 79.9 cm³/mol. The van der Waals surface area contributed by atoms with Crippen LogP contribution in [0.25, 0.3) is 6.08 Å². The highest BCUT2D eigenvalue weighted by Crippen LogP contribution is 2.31. The van der Waals surface area contributed by atoms with E-state index in [2.05, 4.69) is 0 Å². The standard InChI is InChI=1S/C15H19NO3S/c1-10(2)16(9-11-3-4-11)15(19)13-7-5-12(20-13)6-8-14(17)18/h5-8,10-11H,3-4,9H2,1-2H3,(H,17,18). The molecule has 0 aromatic carbocycles. The zero-order chi connectivity index (χ0) is 14.7. The lowest BCUT2D eigenvalue weighted by atomic mass is 10.2. The number of aliphatic carboxylic acids is 1. The molecule has 5 heteroatoms. The first-order valence-corrected chi connectivity index (χ1v) is 7.61. The van der Waals surface area contributed by atoms with E-state index in [1.165, 1.54) is 30.3 Å². The Labute approximate surface area is 122 Å². The maximum atomic E-state index is 12.5. The summed E-state index contributed by atoms with van der Waals surface area (Å²) in [7, 11) is 0. The van der Waals surface area contributed by atoms with Crippen molar-refractivity contribution in [2.24, 2.45) is 5.92 Å². The van der Waals surface area contributed by atoms with E-state index in [1.807, 2.05) is 18.7 Å². The number of rotatable bonds is 6. The van der Waals surface area contributed by atoms with Crippen LogP contribution in [-0.4, -0.2) is 34.5 Å². The van der Waals surface area contributed by atoms with E-state index < -0.39 is 5.97 Å². The van der Waals surface area contributed by atoms with E-state index in [-0.39, 0.29) is 11.9 Å². The fourth-order valence-corrected chi connectivity index (χ4v) is 2.83. The third-order valence-electron chi connectivity index (χ3n) is 3.26. The van der Waals surface area contributed by atoms with Gasteiger partial charge in [-0.15, -0.1) is 11.3 Å². The molecule has 1 aromatic rings. The minimum atomic E-state index is -0.983. The summed E-state index contributed by atoms with van der Waals surface area (Å²) in [5.74, 6) is -0.275. The molecule has 1 N–H and O–H groups in total. The molecule has 4 nitrogen and oxygen atoms in total. The van der Waals surface area contributed by atoms with Gasteiger partial charge in [0.15, 0.2) is 0 Å². The van der Waals surface area contributed by atoms with Crippen molar-refractivity contribution < 1.29 is 14.7 Å². The number of carboxylic acid groups (broad SMARTS) is 1.